The minimum Gasteiger partial charge on any atom is -0.348 e. The monoisotopic (exact) mass is 244 g/mol. The zero-order valence-corrected chi connectivity index (χ0v) is 10.6. The van der Waals surface area contributed by atoms with Gasteiger partial charge in [-0.3, -0.25) is 14.5 Å². The highest BCUT2D eigenvalue weighted by molar-refractivity contribution is 5.94. The van der Waals surface area contributed by atoms with Gasteiger partial charge in [-0.15, -0.1) is 0 Å². The zero-order chi connectivity index (χ0) is 13.0. The maximum atomic E-state index is 12.0. The van der Waals surface area contributed by atoms with E-state index in [-0.39, 0.29) is 5.91 Å². The molecular weight excluding hydrogens is 228 g/mol. The lowest BCUT2D eigenvalue weighted by molar-refractivity contribution is 0.0950. The summed E-state index contributed by atoms with van der Waals surface area (Å²) in [5, 5.41) is 7.01. The summed E-state index contributed by atoms with van der Waals surface area (Å²) >= 11 is 0. The number of hydrogen-bond donors (Lipinski definition) is 1. The minimum atomic E-state index is -0.101. The van der Waals surface area contributed by atoms with Crippen LogP contribution in [0.2, 0.25) is 0 Å². The van der Waals surface area contributed by atoms with E-state index in [1.54, 1.807) is 23.3 Å². The Kier molecular flexibility index (Phi) is 3.72. The second-order valence-corrected chi connectivity index (χ2v) is 4.00. The first-order valence-corrected chi connectivity index (χ1v) is 5.92. The smallest absolute Gasteiger partial charge is 0.255 e. The lowest BCUT2D eigenvalue weighted by atomic mass is 10.2. The summed E-state index contributed by atoms with van der Waals surface area (Å²) in [6, 6.07) is 3.78. The van der Waals surface area contributed by atoms with E-state index >= 15 is 0 Å². The lowest BCUT2D eigenvalue weighted by Crippen LogP contribution is -2.23. The van der Waals surface area contributed by atoms with Crippen LogP contribution in [0.25, 0.3) is 0 Å². The number of rotatable bonds is 4. The summed E-state index contributed by atoms with van der Waals surface area (Å²) in [4.78, 5) is 16.0. The van der Waals surface area contributed by atoms with Crippen LogP contribution in [-0.2, 0) is 13.1 Å². The van der Waals surface area contributed by atoms with Crippen molar-refractivity contribution in [3.8, 4) is 0 Å². The van der Waals surface area contributed by atoms with Gasteiger partial charge in [0.2, 0.25) is 0 Å². The van der Waals surface area contributed by atoms with Crippen molar-refractivity contribution in [2.24, 2.45) is 0 Å². The SMILES string of the molecule is CCn1ncc(C(=O)NCc2cccnc2)c1C. The molecule has 2 rings (SSSR count). The first-order chi connectivity index (χ1) is 8.72. The fourth-order valence-electron chi connectivity index (χ4n) is 1.77. The number of amides is 1. The molecule has 2 aromatic rings. The molecule has 0 aliphatic rings. The molecule has 1 amide bonds. The molecule has 0 fully saturated rings. The summed E-state index contributed by atoms with van der Waals surface area (Å²) in [6.45, 7) is 5.14. The highest BCUT2D eigenvalue weighted by Gasteiger charge is 2.12. The Bertz CT molecular complexity index is 533. The van der Waals surface area contributed by atoms with Crippen LogP contribution < -0.4 is 5.32 Å². The quantitative estimate of drug-likeness (QED) is 0.887. The van der Waals surface area contributed by atoms with Crippen LogP contribution in [0.1, 0.15) is 28.5 Å². The maximum Gasteiger partial charge on any atom is 0.255 e. The van der Waals surface area contributed by atoms with Crippen LogP contribution in [0.5, 0.6) is 0 Å². The van der Waals surface area contributed by atoms with Crippen LogP contribution in [0.15, 0.2) is 30.7 Å². The highest BCUT2D eigenvalue weighted by Crippen LogP contribution is 2.07. The molecule has 1 N–H and O–H groups in total. The number of pyridine rings is 1. The molecule has 0 aromatic carbocycles. The molecule has 0 saturated heterocycles. The largest absolute Gasteiger partial charge is 0.348 e. The van der Waals surface area contributed by atoms with Gasteiger partial charge in [0.1, 0.15) is 0 Å². The Hall–Kier alpha value is -2.17. The summed E-state index contributed by atoms with van der Waals surface area (Å²) in [5.41, 5.74) is 2.49. The van der Waals surface area contributed by atoms with Gasteiger partial charge in [-0.05, 0) is 25.5 Å². The molecule has 94 valence electrons. The van der Waals surface area contributed by atoms with Gasteiger partial charge >= 0.3 is 0 Å². The van der Waals surface area contributed by atoms with Crippen molar-refractivity contribution in [2.45, 2.75) is 26.9 Å². The lowest BCUT2D eigenvalue weighted by Gasteiger charge is -2.05. The van der Waals surface area contributed by atoms with Gasteiger partial charge in [-0.1, -0.05) is 6.07 Å². The minimum absolute atomic E-state index is 0.101. The van der Waals surface area contributed by atoms with Crippen molar-refractivity contribution in [1.29, 1.82) is 0 Å². The van der Waals surface area contributed by atoms with Crippen LogP contribution >= 0.6 is 0 Å². The van der Waals surface area contributed by atoms with E-state index in [1.807, 2.05) is 26.0 Å². The second kappa shape index (κ2) is 5.44. The van der Waals surface area contributed by atoms with Crippen LogP contribution in [0.3, 0.4) is 0 Å². The molecule has 0 aliphatic carbocycles. The third kappa shape index (κ3) is 2.56. The third-order valence-corrected chi connectivity index (χ3v) is 2.82. The predicted molar refractivity (Wildman–Crippen MR) is 68.0 cm³/mol. The second-order valence-electron chi connectivity index (χ2n) is 4.00. The molecule has 5 nitrogen and oxygen atoms in total. The summed E-state index contributed by atoms with van der Waals surface area (Å²) in [5.74, 6) is -0.101. The van der Waals surface area contributed by atoms with E-state index in [9.17, 15) is 4.79 Å². The molecule has 2 heterocycles. The molecule has 0 spiro atoms. The van der Waals surface area contributed by atoms with E-state index < -0.39 is 0 Å². The van der Waals surface area contributed by atoms with Crippen LogP contribution in [0.4, 0.5) is 0 Å². The molecule has 0 radical (unpaired) electrons. The molecule has 0 aliphatic heterocycles. The molecule has 0 atom stereocenters. The summed E-state index contributed by atoms with van der Waals surface area (Å²) in [6.07, 6.45) is 5.06. The maximum absolute atomic E-state index is 12.0. The first-order valence-electron chi connectivity index (χ1n) is 5.92. The predicted octanol–water partition coefficient (Wildman–Crippen LogP) is 1.54. The number of carbonyl (C=O) groups excluding carboxylic acids is 1. The Morgan fingerprint density at radius 1 is 1.44 bits per heavy atom. The zero-order valence-electron chi connectivity index (χ0n) is 10.6. The van der Waals surface area contributed by atoms with Crippen molar-refractivity contribution < 1.29 is 4.79 Å². The van der Waals surface area contributed by atoms with Crippen molar-refractivity contribution in [3.05, 3.63) is 47.5 Å². The average molecular weight is 244 g/mol. The van der Waals surface area contributed by atoms with Crippen molar-refractivity contribution in [3.63, 3.8) is 0 Å². The van der Waals surface area contributed by atoms with Gasteiger partial charge < -0.3 is 5.32 Å². The highest BCUT2D eigenvalue weighted by atomic mass is 16.1. The fourth-order valence-corrected chi connectivity index (χ4v) is 1.77. The Labute approximate surface area is 106 Å². The normalized spacial score (nSPS) is 10.3. The van der Waals surface area contributed by atoms with Gasteiger partial charge in [0.05, 0.1) is 11.8 Å². The standard InChI is InChI=1S/C13H16N4O/c1-3-17-10(2)12(9-16-17)13(18)15-8-11-5-4-6-14-7-11/h4-7,9H,3,8H2,1-2H3,(H,15,18). The van der Waals surface area contributed by atoms with Gasteiger partial charge in [0, 0.05) is 31.2 Å². The van der Waals surface area contributed by atoms with E-state index in [4.69, 9.17) is 0 Å². The molecule has 0 bridgehead atoms. The Balaban J connectivity index is 2.02. The van der Waals surface area contributed by atoms with E-state index in [1.165, 1.54) is 0 Å². The Morgan fingerprint density at radius 2 is 2.28 bits per heavy atom. The summed E-state index contributed by atoms with van der Waals surface area (Å²) < 4.78 is 1.80. The Morgan fingerprint density at radius 3 is 2.89 bits per heavy atom. The number of nitrogens with one attached hydrogen (secondary N) is 1. The number of aromatic nitrogens is 3. The van der Waals surface area contributed by atoms with Gasteiger partial charge in [0.15, 0.2) is 0 Å². The molecular formula is C13H16N4O. The fraction of sp³-hybridized carbons (Fsp3) is 0.308. The van der Waals surface area contributed by atoms with E-state index in [2.05, 4.69) is 15.4 Å². The molecule has 2 aromatic heterocycles. The van der Waals surface area contributed by atoms with Crippen molar-refractivity contribution in [1.82, 2.24) is 20.1 Å². The van der Waals surface area contributed by atoms with Gasteiger partial charge in [-0.25, -0.2) is 0 Å². The third-order valence-electron chi connectivity index (χ3n) is 2.82. The van der Waals surface area contributed by atoms with Crippen molar-refractivity contribution >= 4 is 5.91 Å². The number of nitrogens with zero attached hydrogens (tertiary/aromatic N) is 3. The summed E-state index contributed by atoms with van der Waals surface area (Å²) in [7, 11) is 0. The molecule has 0 unspecified atom stereocenters. The van der Waals surface area contributed by atoms with E-state index in [0.29, 0.717) is 12.1 Å². The van der Waals surface area contributed by atoms with Crippen LogP contribution in [0, 0.1) is 6.92 Å². The topological polar surface area (TPSA) is 59.8 Å². The number of carbonyl (C=O) groups is 1. The molecule has 5 heteroatoms. The van der Waals surface area contributed by atoms with Gasteiger partial charge in [-0.2, -0.15) is 5.10 Å². The number of aryl methyl sites for hydroxylation is 1. The number of hydrogen-bond acceptors (Lipinski definition) is 3. The molecule has 18 heavy (non-hydrogen) atoms. The van der Waals surface area contributed by atoms with Gasteiger partial charge in [0.25, 0.3) is 5.91 Å². The van der Waals surface area contributed by atoms with Crippen molar-refractivity contribution in [2.75, 3.05) is 0 Å². The van der Waals surface area contributed by atoms with E-state index in [0.717, 1.165) is 17.8 Å². The average Bonchev–Trinajstić information content (AvgIpc) is 2.78. The van der Waals surface area contributed by atoms with Crippen LogP contribution in [-0.4, -0.2) is 20.7 Å². The molecule has 0 saturated carbocycles. The first kappa shape index (κ1) is 12.3.